The number of alkyl halides is 1. The first-order chi connectivity index (χ1) is 9.14. The van der Waals surface area contributed by atoms with Gasteiger partial charge in [-0.25, -0.2) is 4.79 Å². The van der Waals surface area contributed by atoms with Gasteiger partial charge in [0.25, 0.3) is 0 Å². The molecule has 0 aromatic rings. The smallest absolute Gasteiger partial charge is 0.407 e. The molecule has 0 aromatic heterocycles. The highest BCUT2D eigenvalue weighted by Gasteiger charge is 3.09. The van der Waals surface area contributed by atoms with Crippen molar-refractivity contribution in [2.24, 2.45) is 35.5 Å². The van der Waals surface area contributed by atoms with Gasteiger partial charge in [0.05, 0.1) is 30.2 Å². The van der Waals surface area contributed by atoms with Crippen LogP contribution in [-0.4, -0.2) is 42.1 Å². The number of hydrogen-bond acceptors (Lipinski definition) is 4. The van der Waals surface area contributed by atoms with E-state index in [4.69, 9.17) is 14.2 Å². The second kappa shape index (κ2) is 2.46. The Balaban J connectivity index is 1.44. The predicted octanol–water partition coefficient (Wildman–Crippen LogP) is 0.723. The monoisotopic (exact) mass is 327 g/mol. The lowest BCUT2D eigenvalue weighted by molar-refractivity contribution is -0.391. The van der Waals surface area contributed by atoms with Gasteiger partial charge in [-0.15, -0.1) is 0 Å². The second-order valence-corrected chi connectivity index (χ2v) is 8.15. The van der Waals surface area contributed by atoms with Gasteiger partial charge >= 0.3 is 6.09 Å². The van der Waals surface area contributed by atoms with Crippen LogP contribution < -0.4 is 5.32 Å². The molecule has 102 valence electrons. The third kappa shape index (κ3) is 0.605. The molecular weight excluding hydrogens is 314 g/mol. The lowest BCUT2D eigenvalue weighted by Crippen LogP contribution is -2.99. The van der Waals surface area contributed by atoms with Crippen molar-refractivity contribution in [3.05, 3.63) is 0 Å². The third-order valence-corrected chi connectivity index (χ3v) is 8.75. The summed E-state index contributed by atoms with van der Waals surface area (Å²) in [5.41, 5.74) is 0.0170. The average Bonchev–Trinajstić information content (AvgIpc) is 2.95. The highest BCUT2D eigenvalue weighted by Crippen LogP contribution is 3.01. The van der Waals surface area contributed by atoms with Gasteiger partial charge in [-0.2, -0.15) is 0 Å². The van der Waals surface area contributed by atoms with Crippen LogP contribution in [0.25, 0.3) is 0 Å². The number of rotatable bonds is 1. The number of ether oxygens (including phenoxy) is 3. The van der Waals surface area contributed by atoms with Crippen molar-refractivity contribution >= 4 is 22.0 Å². The fraction of sp³-hybridized carbons (Fsp3) is 0.923. The molecule has 6 heteroatoms. The minimum absolute atomic E-state index is 0.0170. The summed E-state index contributed by atoms with van der Waals surface area (Å²) < 4.78 is 17.0. The molecular formula is C13H14BrNO4. The van der Waals surface area contributed by atoms with Crippen LogP contribution in [0.4, 0.5) is 4.79 Å². The van der Waals surface area contributed by atoms with Gasteiger partial charge in [-0.05, 0) is 29.6 Å². The fourth-order valence-electron chi connectivity index (χ4n) is 7.10. The summed E-state index contributed by atoms with van der Waals surface area (Å²) in [5, 5.41) is 3.13. The van der Waals surface area contributed by atoms with E-state index in [1.165, 1.54) is 7.11 Å². The van der Waals surface area contributed by atoms with E-state index in [1.54, 1.807) is 0 Å². The molecule has 1 N–H and O–H groups in total. The Labute approximate surface area is 118 Å². The molecule has 8 atom stereocenters. The maximum atomic E-state index is 11.6. The SMILES string of the molecule is COC(=O)NC12C3[C@@H]4[C@H]1C1[C@H]2[C@@H]3C4(Br)C12OCCO2. The topological polar surface area (TPSA) is 56.8 Å². The molecule has 19 heavy (non-hydrogen) atoms. The number of alkyl carbamates (subject to hydrolysis) is 1. The minimum atomic E-state index is -0.397. The number of amides is 1. The summed E-state index contributed by atoms with van der Waals surface area (Å²) in [4.78, 5) is 11.6. The summed E-state index contributed by atoms with van der Waals surface area (Å²) in [6, 6.07) is 0. The van der Waals surface area contributed by atoms with E-state index < -0.39 is 5.79 Å². The molecule has 1 spiro atoms. The molecule has 1 heterocycles. The normalized spacial score (nSPS) is 66.6. The fourth-order valence-corrected chi connectivity index (χ4v) is 8.73. The standard InChI is InChI=1S/C13H14BrNO4/c1-17-10(16)15-11-4-7-5(11)9-6(11)8(4)12(7,14)13(9)18-2-3-19-13/h4-9H,2-3H2,1H3,(H,15,16)/t4?,5-,6+,7-,8-,9?,11?,12?/m1/s1. The first kappa shape index (κ1) is 10.4. The van der Waals surface area contributed by atoms with Crippen LogP contribution in [0.1, 0.15) is 0 Å². The number of carbonyl (C=O) groups is 1. The number of halogens is 1. The summed E-state index contributed by atoms with van der Waals surface area (Å²) in [7, 11) is 1.43. The van der Waals surface area contributed by atoms with E-state index >= 15 is 0 Å². The average molecular weight is 328 g/mol. The quantitative estimate of drug-likeness (QED) is 0.721. The van der Waals surface area contributed by atoms with Crippen molar-refractivity contribution in [3.8, 4) is 0 Å². The Morgan fingerprint density at radius 1 is 1.16 bits per heavy atom. The lowest BCUT2D eigenvalue weighted by atomic mass is 9.16. The maximum absolute atomic E-state index is 11.6. The Morgan fingerprint density at radius 2 is 1.74 bits per heavy atom. The Bertz CT molecular complexity index is 525. The maximum Gasteiger partial charge on any atom is 0.407 e. The molecule has 4 unspecified atom stereocenters. The number of hydrogen-bond donors (Lipinski definition) is 1. The predicted molar refractivity (Wildman–Crippen MR) is 65.5 cm³/mol. The second-order valence-electron chi connectivity index (χ2n) is 6.84. The Hall–Kier alpha value is -0.330. The van der Waals surface area contributed by atoms with Crippen LogP contribution in [0.3, 0.4) is 0 Å². The van der Waals surface area contributed by atoms with E-state index in [2.05, 4.69) is 21.2 Å². The van der Waals surface area contributed by atoms with Crippen molar-refractivity contribution in [2.75, 3.05) is 20.3 Å². The Morgan fingerprint density at radius 3 is 2.32 bits per heavy atom. The van der Waals surface area contributed by atoms with Crippen LogP contribution >= 0.6 is 15.9 Å². The van der Waals surface area contributed by atoms with Crippen molar-refractivity contribution in [3.63, 3.8) is 0 Å². The van der Waals surface area contributed by atoms with Crippen LogP contribution in [0.15, 0.2) is 0 Å². The third-order valence-electron chi connectivity index (χ3n) is 7.14. The first-order valence-corrected chi connectivity index (χ1v) is 7.77. The lowest BCUT2D eigenvalue weighted by Gasteiger charge is -2.91. The van der Waals surface area contributed by atoms with Crippen molar-refractivity contribution < 1.29 is 19.0 Å². The molecule has 0 aromatic carbocycles. The molecule has 5 nitrogen and oxygen atoms in total. The van der Waals surface area contributed by atoms with Crippen LogP contribution in [0.2, 0.25) is 0 Å². The molecule has 1 amide bonds. The largest absolute Gasteiger partial charge is 0.453 e. The van der Waals surface area contributed by atoms with Crippen molar-refractivity contribution in [2.45, 2.75) is 15.7 Å². The van der Waals surface area contributed by atoms with E-state index in [-0.39, 0.29) is 16.0 Å². The molecule has 7 rings (SSSR count). The van der Waals surface area contributed by atoms with Gasteiger partial charge in [0.1, 0.15) is 0 Å². The van der Waals surface area contributed by atoms with Gasteiger partial charge in [0.15, 0.2) is 5.79 Å². The van der Waals surface area contributed by atoms with Gasteiger partial charge in [-0.3, -0.25) is 0 Å². The zero-order valence-corrected chi connectivity index (χ0v) is 12.0. The van der Waals surface area contributed by atoms with Gasteiger partial charge < -0.3 is 19.5 Å². The highest BCUT2D eigenvalue weighted by atomic mass is 79.9. The van der Waals surface area contributed by atoms with Crippen LogP contribution in [0, 0.1) is 35.5 Å². The molecule has 6 aliphatic carbocycles. The molecule has 7 fully saturated rings. The zero-order chi connectivity index (χ0) is 12.8. The van der Waals surface area contributed by atoms with Gasteiger partial charge in [0.2, 0.25) is 0 Å². The van der Waals surface area contributed by atoms with Crippen LogP contribution in [-0.2, 0) is 14.2 Å². The number of carbonyl (C=O) groups excluding carboxylic acids is 1. The summed E-state index contributed by atoms with van der Waals surface area (Å²) in [6.45, 7) is 1.40. The van der Waals surface area contributed by atoms with E-state index in [0.29, 0.717) is 48.7 Å². The van der Waals surface area contributed by atoms with Crippen molar-refractivity contribution in [1.29, 1.82) is 0 Å². The highest BCUT2D eigenvalue weighted by molar-refractivity contribution is 9.10. The summed E-state index contributed by atoms with van der Waals surface area (Å²) >= 11 is 3.99. The number of methoxy groups -OCH3 is 1. The first-order valence-electron chi connectivity index (χ1n) is 6.97. The molecule has 1 aliphatic heterocycles. The number of nitrogens with one attached hydrogen (secondary N) is 1. The van der Waals surface area contributed by atoms with Crippen molar-refractivity contribution in [1.82, 2.24) is 5.32 Å². The zero-order valence-electron chi connectivity index (χ0n) is 10.4. The molecule has 0 radical (unpaired) electrons. The van der Waals surface area contributed by atoms with Gasteiger partial charge in [0, 0.05) is 5.92 Å². The van der Waals surface area contributed by atoms with E-state index in [0.717, 1.165) is 0 Å². The summed E-state index contributed by atoms with van der Waals surface area (Å²) in [5.74, 6) is 2.95. The minimum Gasteiger partial charge on any atom is -0.453 e. The summed E-state index contributed by atoms with van der Waals surface area (Å²) in [6.07, 6.45) is -0.290. The van der Waals surface area contributed by atoms with E-state index in [9.17, 15) is 4.79 Å². The Kier molecular flexibility index (Phi) is 1.35. The molecule has 7 aliphatic rings. The van der Waals surface area contributed by atoms with E-state index in [1.807, 2.05) is 0 Å². The molecule has 1 saturated heterocycles. The molecule has 2 bridgehead atoms. The van der Waals surface area contributed by atoms with Gasteiger partial charge in [-0.1, -0.05) is 15.9 Å². The molecule has 6 saturated carbocycles. The van der Waals surface area contributed by atoms with Crippen LogP contribution in [0.5, 0.6) is 0 Å².